The number of rotatable bonds is 5. The van der Waals surface area contributed by atoms with Crippen LogP contribution in [0.15, 0.2) is 59.6 Å². The number of nitro groups is 1. The molecule has 1 aromatic heterocycles. The molecule has 34 heavy (non-hydrogen) atoms. The smallest absolute Gasteiger partial charge is 0.414 e. The molecule has 180 valence electrons. The number of hydrogen-bond acceptors (Lipinski definition) is 7. The second-order valence-electron chi connectivity index (χ2n) is 7.37. The second kappa shape index (κ2) is 10.4. The first-order valence-electron chi connectivity index (χ1n) is 10.1. The average molecular weight is 490 g/mol. The first-order valence-corrected chi connectivity index (χ1v) is 11.5. The van der Waals surface area contributed by atoms with Crippen molar-refractivity contribution in [1.29, 1.82) is 0 Å². The molecule has 2 heterocycles. The summed E-state index contributed by atoms with van der Waals surface area (Å²) in [6, 6.07) is 13.6. The number of H-pyrrole nitrogens is 1. The Morgan fingerprint density at radius 2 is 1.56 bits per heavy atom. The summed E-state index contributed by atoms with van der Waals surface area (Å²) >= 11 is 0. The minimum Gasteiger partial charge on any atom is -0.473 e. The van der Waals surface area contributed by atoms with Crippen molar-refractivity contribution in [3.8, 4) is 0 Å². The maximum absolute atomic E-state index is 12.9. The molecule has 0 atom stereocenters. The number of fused-ring (bicyclic) bond motifs is 1. The van der Waals surface area contributed by atoms with Crippen molar-refractivity contribution in [2.45, 2.75) is 11.4 Å². The number of nitro benzene ring substituents is 1. The number of carboxylic acids is 2. The van der Waals surface area contributed by atoms with Gasteiger partial charge in [-0.3, -0.25) is 15.0 Å². The van der Waals surface area contributed by atoms with E-state index in [1.54, 1.807) is 0 Å². The molecular weight excluding hydrogens is 468 g/mol. The van der Waals surface area contributed by atoms with E-state index >= 15 is 0 Å². The van der Waals surface area contributed by atoms with Crippen LogP contribution in [0, 0.1) is 10.1 Å². The molecular formula is C21H22N4O8S. The molecule has 0 bridgehead atoms. The van der Waals surface area contributed by atoms with Crippen molar-refractivity contribution in [3.05, 3.63) is 70.4 Å². The fraction of sp³-hybridized carbons (Fsp3) is 0.238. The summed E-state index contributed by atoms with van der Waals surface area (Å²) in [6.07, 6.45) is 1.99. The van der Waals surface area contributed by atoms with E-state index in [0.29, 0.717) is 26.2 Å². The second-order valence-corrected chi connectivity index (χ2v) is 9.28. The van der Waals surface area contributed by atoms with E-state index in [1.165, 1.54) is 34.1 Å². The van der Waals surface area contributed by atoms with Gasteiger partial charge in [0.1, 0.15) is 0 Å². The minimum atomic E-state index is -3.90. The van der Waals surface area contributed by atoms with Gasteiger partial charge in [-0.1, -0.05) is 30.3 Å². The minimum absolute atomic E-state index is 0.245. The summed E-state index contributed by atoms with van der Waals surface area (Å²) in [5.41, 5.74) is 1.87. The highest BCUT2D eigenvalue weighted by Crippen LogP contribution is 2.27. The van der Waals surface area contributed by atoms with Crippen molar-refractivity contribution < 1.29 is 33.1 Å². The maximum Gasteiger partial charge on any atom is 0.414 e. The fourth-order valence-electron chi connectivity index (χ4n) is 3.60. The van der Waals surface area contributed by atoms with Crippen LogP contribution >= 0.6 is 0 Å². The zero-order valence-electron chi connectivity index (χ0n) is 17.8. The van der Waals surface area contributed by atoms with E-state index in [2.05, 4.69) is 16.0 Å². The van der Waals surface area contributed by atoms with Gasteiger partial charge >= 0.3 is 11.9 Å². The van der Waals surface area contributed by atoms with Gasteiger partial charge in [0.25, 0.3) is 5.69 Å². The zero-order valence-corrected chi connectivity index (χ0v) is 18.6. The van der Waals surface area contributed by atoms with Crippen molar-refractivity contribution in [2.24, 2.45) is 0 Å². The highest BCUT2D eigenvalue weighted by molar-refractivity contribution is 7.89. The van der Waals surface area contributed by atoms with Crippen LogP contribution in [-0.4, -0.2) is 75.9 Å². The van der Waals surface area contributed by atoms with Crippen LogP contribution in [0.3, 0.4) is 0 Å². The van der Waals surface area contributed by atoms with Crippen molar-refractivity contribution in [1.82, 2.24) is 14.2 Å². The van der Waals surface area contributed by atoms with E-state index in [4.69, 9.17) is 19.8 Å². The molecule has 4 rings (SSSR count). The first-order chi connectivity index (χ1) is 16.1. The number of aromatic amines is 1. The molecule has 3 N–H and O–H groups in total. The molecule has 0 amide bonds. The Morgan fingerprint density at radius 3 is 2.18 bits per heavy atom. The van der Waals surface area contributed by atoms with E-state index in [-0.39, 0.29) is 10.6 Å². The van der Waals surface area contributed by atoms with E-state index in [9.17, 15) is 18.5 Å². The van der Waals surface area contributed by atoms with Crippen LogP contribution in [0.25, 0.3) is 10.9 Å². The monoisotopic (exact) mass is 490 g/mol. The molecule has 1 aliphatic rings. The number of nitrogens with one attached hydrogen (secondary N) is 1. The Labute approximate surface area is 194 Å². The van der Waals surface area contributed by atoms with Crippen molar-refractivity contribution >= 4 is 38.6 Å². The predicted octanol–water partition coefficient (Wildman–Crippen LogP) is 1.74. The lowest BCUT2D eigenvalue weighted by Crippen LogP contribution is -2.48. The van der Waals surface area contributed by atoms with Gasteiger partial charge in [-0.2, -0.15) is 4.31 Å². The molecule has 0 aliphatic carbocycles. The third-order valence-electron chi connectivity index (χ3n) is 5.26. The lowest BCUT2D eigenvalue weighted by molar-refractivity contribution is -0.387. The molecule has 0 radical (unpaired) electrons. The standard InChI is InChI=1S/C19H20N4O4S.C2H2O4/c24-23(25)18-7-3-4-8-19(18)28(26,27)22-11-9-21(10-12-22)14-15-13-20-17-6-2-1-5-16(15)17;3-1(4)2(5)6/h1-8,13,20H,9-12,14H2;(H,3,4)(H,5,6). The van der Waals surface area contributed by atoms with Crippen molar-refractivity contribution in [2.75, 3.05) is 26.2 Å². The Morgan fingerprint density at radius 1 is 0.971 bits per heavy atom. The van der Waals surface area contributed by atoms with E-state index in [1.807, 2.05) is 24.4 Å². The van der Waals surface area contributed by atoms with Gasteiger partial charge in [0, 0.05) is 55.9 Å². The van der Waals surface area contributed by atoms with Crippen LogP contribution in [-0.2, 0) is 26.2 Å². The number of aromatic nitrogens is 1. The quantitative estimate of drug-likeness (QED) is 0.273. The number of sulfonamides is 1. The molecule has 0 spiro atoms. The average Bonchev–Trinajstić information content (AvgIpc) is 3.22. The number of aliphatic carboxylic acids is 2. The third kappa shape index (κ3) is 5.57. The van der Waals surface area contributed by atoms with Gasteiger partial charge in [0.15, 0.2) is 4.90 Å². The Bertz CT molecular complexity index is 1300. The number of nitrogens with zero attached hydrogens (tertiary/aromatic N) is 3. The maximum atomic E-state index is 12.9. The normalized spacial score (nSPS) is 14.8. The predicted molar refractivity (Wildman–Crippen MR) is 121 cm³/mol. The van der Waals surface area contributed by atoms with E-state index < -0.39 is 26.9 Å². The van der Waals surface area contributed by atoms with E-state index in [0.717, 1.165) is 17.4 Å². The zero-order chi connectivity index (χ0) is 24.9. The lowest BCUT2D eigenvalue weighted by Gasteiger charge is -2.33. The van der Waals surface area contributed by atoms with Crippen LogP contribution in [0.1, 0.15) is 5.56 Å². The highest BCUT2D eigenvalue weighted by Gasteiger charge is 2.33. The summed E-state index contributed by atoms with van der Waals surface area (Å²) in [5.74, 6) is -3.65. The fourth-order valence-corrected chi connectivity index (χ4v) is 5.18. The molecule has 12 nitrogen and oxygen atoms in total. The number of para-hydroxylation sites is 2. The Hall–Kier alpha value is -3.81. The summed E-state index contributed by atoms with van der Waals surface area (Å²) in [4.78, 5) is 33.9. The number of carboxylic acid groups (broad SMARTS) is 2. The number of hydrogen-bond donors (Lipinski definition) is 3. The highest BCUT2D eigenvalue weighted by atomic mass is 32.2. The lowest BCUT2D eigenvalue weighted by atomic mass is 10.1. The first kappa shape index (κ1) is 24.8. The van der Waals surface area contributed by atoms with Gasteiger partial charge in [-0.05, 0) is 17.7 Å². The van der Waals surface area contributed by atoms with Crippen LogP contribution in [0.2, 0.25) is 0 Å². The third-order valence-corrected chi connectivity index (χ3v) is 7.21. The molecule has 1 saturated heterocycles. The van der Waals surface area contributed by atoms with Gasteiger partial charge in [-0.15, -0.1) is 0 Å². The Kier molecular flexibility index (Phi) is 7.61. The van der Waals surface area contributed by atoms with Crippen LogP contribution in [0.5, 0.6) is 0 Å². The molecule has 0 saturated carbocycles. The van der Waals surface area contributed by atoms with Crippen LogP contribution < -0.4 is 0 Å². The number of piperazine rings is 1. The molecule has 1 aliphatic heterocycles. The summed E-state index contributed by atoms with van der Waals surface area (Å²) in [6.45, 7) is 2.47. The molecule has 0 unspecified atom stereocenters. The molecule has 13 heteroatoms. The molecule has 2 aromatic carbocycles. The van der Waals surface area contributed by atoms with Gasteiger partial charge < -0.3 is 15.2 Å². The topological polar surface area (TPSA) is 174 Å². The van der Waals surface area contributed by atoms with Crippen molar-refractivity contribution in [3.63, 3.8) is 0 Å². The largest absolute Gasteiger partial charge is 0.473 e. The summed E-state index contributed by atoms with van der Waals surface area (Å²) in [7, 11) is -3.90. The molecule has 1 fully saturated rings. The number of benzene rings is 2. The SMILES string of the molecule is O=C(O)C(=O)O.O=[N+]([O-])c1ccccc1S(=O)(=O)N1CCN(Cc2c[nH]c3ccccc23)CC1. The Balaban J connectivity index is 0.000000481. The van der Waals surface area contributed by atoms with Crippen LogP contribution in [0.4, 0.5) is 5.69 Å². The summed E-state index contributed by atoms with van der Waals surface area (Å²) in [5, 5.41) is 27.1. The van der Waals surface area contributed by atoms with Gasteiger partial charge in [-0.25, -0.2) is 18.0 Å². The molecule has 3 aromatic rings. The number of carbonyl (C=O) groups is 2. The van der Waals surface area contributed by atoms with Gasteiger partial charge in [0.2, 0.25) is 10.0 Å². The summed E-state index contributed by atoms with van der Waals surface area (Å²) < 4.78 is 27.2. The van der Waals surface area contributed by atoms with Gasteiger partial charge in [0.05, 0.1) is 4.92 Å².